The van der Waals surface area contributed by atoms with Gasteiger partial charge in [0.15, 0.2) is 5.65 Å². The summed E-state index contributed by atoms with van der Waals surface area (Å²) < 4.78 is 4.01. The van der Waals surface area contributed by atoms with Gasteiger partial charge < -0.3 is 0 Å². The first-order valence-electron chi connectivity index (χ1n) is 10.3. The minimum absolute atomic E-state index is 0.411. The molecule has 29 heavy (non-hydrogen) atoms. The molecule has 0 aliphatic carbocycles. The fourth-order valence-corrected chi connectivity index (χ4v) is 4.45. The number of pyridine rings is 1. The lowest BCUT2D eigenvalue weighted by Gasteiger charge is -2.32. The SMILES string of the molecule is Cc1ccc(CN2CCC[C@@H](c3nnc4ccccn34)C2)c(-c2cnn(C)c2)c1. The van der Waals surface area contributed by atoms with Crippen molar-refractivity contribution in [3.05, 3.63) is 71.9 Å². The highest BCUT2D eigenvalue weighted by Gasteiger charge is 2.25. The molecule has 4 heterocycles. The van der Waals surface area contributed by atoms with Gasteiger partial charge in [0.2, 0.25) is 0 Å². The van der Waals surface area contributed by atoms with Gasteiger partial charge in [0.25, 0.3) is 0 Å². The van der Waals surface area contributed by atoms with Crippen molar-refractivity contribution in [2.45, 2.75) is 32.2 Å². The first-order chi connectivity index (χ1) is 14.2. The lowest BCUT2D eigenvalue weighted by molar-refractivity contribution is 0.196. The molecule has 6 nitrogen and oxygen atoms in total. The maximum absolute atomic E-state index is 4.52. The molecule has 6 heteroatoms. The van der Waals surface area contributed by atoms with E-state index in [0.717, 1.165) is 37.5 Å². The number of nitrogens with zero attached hydrogens (tertiary/aromatic N) is 6. The summed E-state index contributed by atoms with van der Waals surface area (Å²) in [5, 5.41) is 13.2. The van der Waals surface area contributed by atoms with Crippen LogP contribution in [0.25, 0.3) is 16.8 Å². The number of likely N-dealkylation sites (tertiary alicyclic amines) is 1. The molecule has 0 spiro atoms. The highest BCUT2D eigenvalue weighted by Crippen LogP contribution is 2.30. The number of fused-ring (bicyclic) bond motifs is 1. The van der Waals surface area contributed by atoms with Gasteiger partial charge in [-0.15, -0.1) is 10.2 Å². The zero-order valence-corrected chi connectivity index (χ0v) is 17.0. The van der Waals surface area contributed by atoms with Crippen LogP contribution in [0, 0.1) is 6.92 Å². The van der Waals surface area contributed by atoms with Crippen molar-refractivity contribution < 1.29 is 0 Å². The maximum atomic E-state index is 4.52. The van der Waals surface area contributed by atoms with Gasteiger partial charge >= 0.3 is 0 Å². The number of piperidine rings is 1. The number of rotatable bonds is 4. The van der Waals surface area contributed by atoms with Crippen LogP contribution in [-0.2, 0) is 13.6 Å². The molecule has 0 radical (unpaired) electrons. The summed E-state index contributed by atoms with van der Waals surface area (Å²) in [5.74, 6) is 1.50. The van der Waals surface area contributed by atoms with Crippen LogP contribution in [0.15, 0.2) is 55.0 Å². The summed E-state index contributed by atoms with van der Waals surface area (Å²) in [5.41, 5.74) is 6.03. The van der Waals surface area contributed by atoms with Crippen molar-refractivity contribution in [3.63, 3.8) is 0 Å². The third-order valence-corrected chi connectivity index (χ3v) is 5.89. The van der Waals surface area contributed by atoms with E-state index in [-0.39, 0.29) is 0 Å². The van der Waals surface area contributed by atoms with Gasteiger partial charge in [-0.05, 0) is 49.6 Å². The molecule has 1 saturated heterocycles. The summed E-state index contributed by atoms with van der Waals surface area (Å²) in [6.07, 6.45) is 8.47. The van der Waals surface area contributed by atoms with Gasteiger partial charge in [-0.2, -0.15) is 5.10 Å². The molecule has 5 rings (SSSR count). The summed E-state index contributed by atoms with van der Waals surface area (Å²) in [4.78, 5) is 2.56. The molecule has 0 N–H and O–H groups in total. The fourth-order valence-electron chi connectivity index (χ4n) is 4.45. The fraction of sp³-hybridized carbons (Fsp3) is 0.348. The number of benzene rings is 1. The van der Waals surface area contributed by atoms with Gasteiger partial charge in [0.05, 0.1) is 6.20 Å². The van der Waals surface area contributed by atoms with E-state index in [1.54, 1.807) is 0 Å². The van der Waals surface area contributed by atoms with Crippen LogP contribution in [0.3, 0.4) is 0 Å². The van der Waals surface area contributed by atoms with E-state index in [2.05, 4.69) is 62.1 Å². The number of hydrogen-bond donors (Lipinski definition) is 0. The van der Waals surface area contributed by atoms with Crippen LogP contribution in [0.4, 0.5) is 0 Å². The Kier molecular flexibility index (Phi) is 4.64. The molecule has 1 aliphatic heterocycles. The molecule has 0 bridgehead atoms. The first kappa shape index (κ1) is 18.1. The molecule has 4 aromatic rings. The molecule has 0 unspecified atom stereocenters. The first-order valence-corrected chi connectivity index (χ1v) is 10.3. The molecule has 1 aliphatic rings. The number of hydrogen-bond acceptors (Lipinski definition) is 4. The van der Waals surface area contributed by atoms with E-state index in [1.807, 2.05) is 36.1 Å². The smallest absolute Gasteiger partial charge is 0.160 e. The van der Waals surface area contributed by atoms with Crippen molar-refractivity contribution in [1.29, 1.82) is 0 Å². The van der Waals surface area contributed by atoms with Crippen molar-refractivity contribution in [2.75, 3.05) is 13.1 Å². The van der Waals surface area contributed by atoms with E-state index >= 15 is 0 Å². The van der Waals surface area contributed by atoms with Crippen molar-refractivity contribution in [3.8, 4) is 11.1 Å². The second-order valence-corrected chi connectivity index (χ2v) is 8.12. The maximum Gasteiger partial charge on any atom is 0.160 e. The Morgan fingerprint density at radius 2 is 2.07 bits per heavy atom. The van der Waals surface area contributed by atoms with Crippen molar-refractivity contribution in [1.82, 2.24) is 29.3 Å². The molecular weight excluding hydrogens is 360 g/mol. The van der Waals surface area contributed by atoms with Crippen molar-refractivity contribution in [2.24, 2.45) is 7.05 Å². The van der Waals surface area contributed by atoms with Gasteiger partial charge in [-0.1, -0.05) is 29.8 Å². The zero-order chi connectivity index (χ0) is 19.8. The molecule has 0 saturated carbocycles. The molecule has 1 atom stereocenters. The average Bonchev–Trinajstić information content (AvgIpc) is 3.36. The third kappa shape index (κ3) is 3.56. The van der Waals surface area contributed by atoms with E-state index in [1.165, 1.54) is 28.7 Å². The molecular formula is C23H26N6. The van der Waals surface area contributed by atoms with Crippen LogP contribution in [0.5, 0.6) is 0 Å². The Morgan fingerprint density at radius 1 is 1.14 bits per heavy atom. The normalized spacial score (nSPS) is 17.8. The summed E-state index contributed by atoms with van der Waals surface area (Å²) >= 11 is 0. The van der Waals surface area contributed by atoms with E-state index in [0.29, 0.717) is 5.92 Å². The molecule has 148 valence electrons. The standard InChI is InChI=1S/C23H26N6/c1-17-8-9-18(21(12-17)20-13-24-27(2)14-20)15-28-10-5-6-19(16-28)23-26-25-22-7-3-4-11-29(22)23/h3-4,7-9,11-14,19H,5-6,10,15-16H2,1-2H3/t19-/m1/s1. The van der Waals surface area contributed by atoms with Crippen molar-refractivity contribution >= 4 is 5.65 Å². The minimum atomic E-state index is 0.411. The van der Waals surface area contributed by atoms with Crippen LogP contribution in [0.2, 0.25) is 0 Å². The van der Waals surface area contributed by atoms with Gasteiger partial charge in [0.1, 0.15) is 5.82 Å². The molecule has 0 amide bonds. The van der Waals surface area contributed by atoms with Crippen LogP contribution in [-0.4, -0.2) is 42.4 Å². The Morgan fingerprint density at radius 3 is 2.93 bits per heavy atom. The zero-order valence-electron chi connectivity index (χ0n) is 17.0. The third-order valence-electron chi connectivity index (χ3n) is 5.89. The lowest BCUT2D eigenvalue weighted by Crippen LogP contribution is -2.34. The Balaban J connectivity index is 1.40. The summed E-state index contributed by atoms with van der Waals surface area (Å²) in [7, 11) is 1.97. The van der Waals surface area contributed by atoms with E-state index in [4.69, 9.17) is 0 Å². The summed E-state index contributed by atoms with van der Waals surface area (Å²) in [6.45, 7) is 5.22. The topological polar surface area (TPSA) is 51.3 Å². The predicted molar refractivity (Wildman–Crippen MR) is 114 cm³/mol. The Hall–Kier alpha value is -2.99. The molecule has 1 aromatic carbocycles. The molecule has 1 fully saturated rings. The highest BCUT2D eigenvalue weighted by atomic mass is 15.3. The second kappa shape index (κ2) is 7.44. The van der Waals surface area contributed by atoms with Crippen LogP contribution >= 0.6 is 0 Å². The van der Waals surface area contributed by atoms with Crippen LogP contribution < -0.4 is 0 Å². The minimum Gasteiger partial charge on any atom is -0.298 e. The quantitative estimate of drug-likeness (QED) is 0.535. The average molecular weight is 387 g/mol. The molecule has 3 aromatic heterocycles. The second-order valence-electron chi connectivity index (χ2n) is 8.12. The monoisotopic (exact) mass is 386 g/mol. The Labute approximate surface area is 170 Å². The lowest BCUT2D eigenvalue weighted by atomic mass is 9.95. The van der Waals surface area contributed by atoms with Gasteiger partial charge in [-0.25, -0.2) is 0 Å². The van der Waals surface area contributed by atoms with E-state index < -0.39 is 0 Å². The highest BCUT2D eigenvalue weighted by molar-refractivity contribution is 5.67. The van der Waals surface area contributed by atoms with Crippen LogP contribution in [0.1, 0.15) is 35.7 Å². The number of aromatic nitrogens is 5. The Bertz CT molecular complexity index is 1140. The summed E-state index contributed by atoms with van der Waals surface area (Å²) in [6, 6.07) is 12.8. The largest absolute Gasteiger partial charge is 0.298 e. The van der Waals surface area contributed by atoms with Gasteiger partial charge in [-0.3, -0.25) is 14.0 Å². The van der Waals surface area contributed by atoms with Gasteiger partial charge in [0, 0.05) is 44.0 Å². The number of aryl methyl sites for hydroxylation is 2. The predicted octanol–water partition coefficient (Wildman–Crippen LogP) is 3.82. The van der Waals surface area contributed by atoms with E-state index in [9.17, 15) is 0 Å².